The number of hydrogen-bond acceptors (Lipinski definition) is 4. The van der Waals surface area contributed by atoms with Crippen molar-refractivity contribution in [3.63, 3.8) is 0 Å². The standard InChI is InChI=1S/C15H12F3N3.C14H26N2.C2H6/c1-9-3-5-11(6-4-9)12-7-13(15(16,17)18)21-14(20-12)10(2)8-19-21;1-5-7-8-9-14(3)10-11-15-12-13-16(4)6-2;1-2/h3-8H,1-2H3;5,7-9,15H,3,6,10-13H2,1-2,4H3;1-2H3/b;7-5-,9-8-;. The summed E-state index contributed by atoms with van der Waals surface area (Å²) in [6, 6.07) is 8.25. The molecule has 0 aliphatic rings. The predicted molar refractivity (Wildman–Crippen MR) is 158 cm³/mol. The van der Waals surface area contributed by atoms with Gasteiger partial charge in [0.1, 0.15) is 0 Å². The molecule has 0 spiro atoms. The van der Waals surface area contributed by atoms with Crippen LogP contribution in [0.4, 0.5) is 13.2 Å². The number of halogens is 3. The predicted octanol–water partition coefficient (Wildman–Crippen LogP) is 7.66. The minimum absolute atomic E-state index is 0.223. The molecule has 0 unspecified atom stereocenters. The first-order chi connectivity index (χ1) is 18.6. The van der Waals surface area contributed by atoms with Crippen molar-refractivity contribution in [2.75, 3.05) is 33.2 Å². The lowest BCUT2D eigenvalue weighted by atomic mass is 10.1. The molecule has 0 radical (unpaired) electrons. The molecule has 0 amide bonds. The first-order valence-corrected chi connectivity index (χ1v) is 13.4. The monoisotopic (exact) mass is 543 g/mol. The fraction of sp³-hybridized carbons (Fsp3) is 0.419. The number of fused-ring (bicyclic) bond motifs is 1. The van der Waals surface area contributed by atoms with E-state index in [0.29, 0.717) is 16.8 Å². The zero-order valence-electron chi connectivity index (χ0n) is 24.4. The van der Waals surface area contributed by atoms with Crippen LogP contribution < -0.4 is 5.32 Å². The Kier molecular flexibility index (Phi) is 15.1. The molecule has 39 heavy (non-hydrogen) atoms. The van der Waals surface area contributed by atoms with Crippen LogP contribution in [0.25, 0.3) is 16.9 Å². The molecular weight excluding hydrogens is 499 g/mol. The van der Waals surface area contributed by atoms with Gasteiger partial charge in [0, 0.05) is 24.2 Å². The molecule has 0 bridgehead atoms. The summed E-state index contributed by atoms with van der Waals surface area (Å²) in [6.07, 6.45) is 6.06. The molecule has 0 atom stereocenters. The Bertz CT molecular complexity index is 1190. The molecule has 2 aromatic heterocycles. The Labute approximate surface area is 232 Å². The molecule has 214 valence electrons. The summed E-state index contributed by atoms with van der Waals surface area (Å²) in [7, 11) is 2.14. The summed E-state index contributed by atoms with van der Waals surface area (Å²) in [5.41, 5.74) is 3.16. The van der Waals surface area contributed by atoms with Crippen LogP contribution in [0.15, 0.2) is 73.0 Å². The number of benzene rings is 1. The van der Waals surface area contributed by atoms with E-state index in [9.17, 15) is 13.2 Å². The summed E-state index contributed by atoms with van der Waals surface area (Å²) in [4.78, 5) is 6.61. The average Bonchev–Trinajstić information content (AvgIpc) is 3.29. The van der Waals surface area contributed by atoms with Crippen LogP contribution in [-0.4, -0.2) is 52.7 Å². The molecule has 3 aromatic rings. The number of nitrogens with zero attached hydrogens (tertiary/aromatic N) is 4. The second kappa shape index (κ2) is 17.4. The Morgan fingerprint density at radius 1 is 1.10 bits per heavy atom. The molecule has 8 heteroatoms. The van der Waals surface area contributed by atoms with Crippen LogP contribution in [0.3, 0.4) is 0 Å². The number of allylic oxidation sites excluding steroid dienone is 4. The normalized spacial score (nSPS) is 11.6. The Morgan fingerprint density at radius 3 is 2.36 bits per heavy atom. The number of likely N-dealkylation sites (N-methyl/N-ethyl adjacent to an activating group) is 1. The van der Waals surface area contributed by atoms with Crippen LogP contribution in [0.5, 0.6) is 0 Å². The number of nitrogens with one attached hydrogen (secondary N) is 1. The summed E-state index contributed by atoms with van der Waals surface area (Å²) in [6.45, 7) is 20.1. The number of aromatic nitrogens is 3. The molecule has 0 saturated carbocycles. The highest BCUT2D eigenvalue weighted by atomic mass is 19.4. The number of alkyl halides is 3. The molecule has 5 nitrogen and oxygen atoms in total. The first kappa shape index (κ1) is 33.8. The van der Waals surface area contributed by atoms with Gasteiger partial charge in [-0.25, -0.2) is 9.50 Å². The number of aryl methyl sites for hydroxylation is 2. The Hall–Kier alpha value is -3.23. The van der Waals surface area contributed by atoms with Crippen molar-refractivity contribution in [3.05, 3.63) is 89.8 Å². The summed E-state index contributed by atoms with van der Waals surface area (Å²) in [5, 5.41) is 7.19. The molecule has 0 aliphatic heterocycles. The topological polar surface area (TPSA) is 45.5 Å². The zero-order valence-corrected chi connectivity index (χ0v) is 24.4. The van der Waals surface area contributed by atoms with Crippen LogP contribution >= 0.6 is 0 Å². The largest absolute Gasteiger partial charge is 0.433 e. The molecule has 2 heterocycles. The maximum absolute atomic E-state index is 13.2. The van der Waals surface area contributed by atoms with Crippen molar-refractivity contribution in [2.24, 2.45) is 0 Å². The second-order valence-electron chi connectivity index (χ2n) is 8.89. The van der Waals surface area contributed by atoms with E-state index < -0.39 is 11.9 Å². The van der Waals surface area contributed by atoms with Gasteiger partial charge < -0.3 is 10.2 Å². The van der Waals surface area contributed by atoms with Crippen LogP contribution in [0, 0.1) is 13.8 Å². The molecule has 0 fully saturated rings. The van der Waals surface area contributed by atoms with Crippen molar-refractivity contribution in [1.82, 2.24) is 24.8 Å². The van der Waals surface area contributed by atoms with Gasteiger partial charge in [0.25, 0.3) is 0 Å². The molecule has 3 rings (SSSR count). The van der Waals surface area contributed by atoms with E-state index in [1.807, 2.05) is 58.1 Å². The molecular formula is C31H44F3N5. The third-order valence-corrected chi connectivity index (χ3v) is 5.75. The number of hydrogen-bond donors (Lipinski definition) is 1. The first-order valence-electron chi connectivity index (χ1n) is 13.4. The molecule has 1 aromatic carbocycles. The van der Waals surface area contributed by atoms with Crippen LogP contribution in [-0.2, 0) is 6.18 Å². The zero-order chi connectivity index (χ0) is 29.4. The van der Waals surface area contributed by atoms with E-state index in [-0.39, 0.29) is 5.65 Å². The minimum atomic E-state index is -4.49. The summed E-state index contributed by atoms with van der Waals surface area (Å²) in [5.74, 6) is 0. The lowest BCUT2D eigenvalue weighted by Crippen LogP contribution is -2.29. The van der Waals surface area contributed by atoms with Gasteiger partial charge in [0.2, 0.25) is 0 Å². The van der Waals surface area contributed by atoms with Crippen molar-refractivity contribution >= 4 is 5.65 Å². The SMILES string of the molecule is C=C(/C=C\C=C/C)CCNCCN(C)CC.CC.Cc1ccc(-c2cc(C(F)(F)F)n3ncc(C)c3n2)cc1. The fourth-order valence-electron chi connectivity index (χ4n) is 3.33. The highest BCUT2D eigenvalue weighted by Gasteiger charge is 2.35. The highest BCUT2D eigenvalue weighted by molar-refractivity contribution is 5.64. The van der Waals surface area contributed by atoms with E-state index in [0.717, 1.165) is 48.7 Å². The van der Waals surface area contributed by atoms with Gasteiger partial charge in [-0.2, -0.15) is 18.3 Å². The van der Waals surface area contributed by atoms with Crippen molar-refractivity contribution in [2.45, 2.75) is 54.1 Å². The second-order valence-corrected chi connectivity index (χ2v) is 8.89. The smallest absolute Gasteiger partial charge is 0.315 e. The van der Waals surface area contributed by atoms with E-state index in [2.05, 4.69) is 46.9 Å². The van der Waals surface area contributed by atoms with Gasteiger partial charge in [-0.05, 0) is 53.4 Å². The average molecular weight is 544 g/mol. The molecule has 0 saturated heterocycles. The van der Waals surface area contributed by atoms with Gasteiger partial charge in [-0.1, -0.05) is 87.1 Å². The Morgan fingerprint density at radius 2 is 1.77 bits per heavy atom. The Balaban J connectivity index is 0.000000382. The summed E-state index contributed by atoms with van der Waals surface area (Å²) < 4.78 is 40.4. The van der Waals surface area contributed by atoms with Crippen molar-refractivity contribution in [1.29, 1.82) is 0 Å². The van der Waals surface area contributed by atoms with Gasteiger partial charge in [-0.15, -0.1) is 0 Å². The quantitative estimate of drug-likeness (QED) is 0.211. The van der Waals surface area contributed by atoms with Gasteiger partial charge in [0.15, 0.2) is 11.3 Å². The van der Waals surface area contributed by atoms with Crippen LogP contribution in [0.2, 0.25) is 0 Å². The summed E-state index contributed by atoms with van der Waals surface area (Å²) >= 11 is 0. The minimum Gasteiger partial charge on any atom is -0.315 e. The lowest BCUT2D eigenvalue weighted by Gasteiger charge is -2.13. The van der Waals surface area contributed by atoms with Gasteiger partial charge >= 0.3 is 6.18 Å². The highest BCUT2D eigenvalue weighted by Crippen LogP contribution is 2.32. The van der Waals surface area contributed by atoms with Crippen molar-refractivity contribution in [3.8, 4) is 11.3 Å². The van der Waals surface area contributed by atoms with E-state index >= 15 is 0 Å². The third kappa shape index (κ3) is 11.6. The van der Waals surface area contributed by atoms with Gasteiger partial charge in [0.05, 0.1) is 11.9 Å². The maximum atomic E-state index is 13.2. The van der Waals surface area contributed by atoms with E-state index in [4.69, 9.17) is 0 Å². The van der Waals surface area contributed by atoms with Crippen molar-refractivity contribution < 1.29 is 13.2 Å². The molecule has 1 N–H and O–H groups in total. The lowest BCUT2D eigenvalue weighted by molar-refractivity contribution is -0.142. The fourth-order valence-corrected chi connectivity index (χ4v) is 3.33. The maximum Gasteiger partial charge on any atom is 0.433 e. The molecule has 0 aliphatic carbocycles. The number of rotatable bonds is 10. The van der Waals surface area contributed by atoms with E-state index in [1.165, 1.54) is 11.8 Å². The third-order valence-electron chi connectivity index (χ3n) is 5.75. The van der Waals surface area contributed by atoms with Crippen LogP contribution in [0.1, 0.15) is 50.9 Å². The van der Waals surface area contributed by atoms with Gasteiger partial charge in [-0.3, -0.25) is 0 Å². The van der Waals surface area contributed by atoms with E-state index in [1.54, 1.807) is 19.1 Å².